The fourth-order valence-electron chi connectivity index (χ4n) is 21.9. The van der Waals surface area contributed by atoms with Crippen molar-refractivity contribution in [1.82, 2.24) is 0 Å². The molecule has 0 aromatic carbocycles. The molecular weight excluding hydrogens is 1510 g/mol. The predicted molar refractivity (Wildman–Crippen MR) is 402 cm³/mol. The quantitative estimate of drug-likeness (QED) is 0.0492. The Hall–Kier alpha value is -7.50. The first-order valence-electron chi connectivity index (χ1n) is 41.8. The van der Waals surface area contributed by atoms with Gasteiger partial charge in [0.15, 0.2) is 29.6 Å². The van der Waals surface area contributed by atoms with Gasteiger partial charge in [0.05, 0.1) is 85.5 Å². The fraction of sp³-hybridized carbons (Fsp3) is 0.837. The lowest BCUT2D eigenvalue weighted by Gasteiger charge is -2.60. The van der Waals surface area contributed by atoms with Gasteiger partial charge in [0, 0.05) is 42.9 Å². The molecule has 0 N–H and O–H groups in total. The van der Waals surface area contributed by atoms with Crippen molar-refractivity contribution in [1.29, 1.82) is 0 Å². The molecule has 30 heteroatoms. The molecule has 648 valence electrons. The monoisotopic (exact) mass is 1640 g/mol. The second-order valence-corrected chi connectivity index (χ2v) is 39.2. The first-order valence-corrected chi connectivity index (χ1v) is 41.8. The van der Waals surface area contributed by atoms with Gasteiger partial charge >= 0.3 is 83.6 Å². The maximum Gasteiger partial charge on any atom is 0.344 e. The van der Waals surface area contributed by atoms with Crippen LogP contribution in [0.25, 0.3) is 0 Å². The number of hydrogen-bond acceptors (Lipinski definition) is 30. The summed E-state index contributed by atoms with van der Waals surface area (Å²) in [6, 6.07) is 0. The summed E-state index contributed by atoms with van der Waals surface area (Å²) in [5.74, 6) is -5.24. The van der Waals surface area contributed by atoms with Crippen LogP contribution in [0, 0.1) is 102 Å². The normalized spacial score (nSPS) is 37.7. The van der Waals surface area contributed by atoms with Gasteiger partial charge in [-0.05, 0) is 208 Å². The molecule has 116 heavy (non-hydrogen) atoms. The Morgan fingerprint density at radius 2 is 0.853 bits per heavy atom. The van der Waals surface area contributed by atoms with Gasteiger partial charge in [-0.3, -0.25) is 57.5 Å². The number of esters is 14. The van der Waals surface area contributed by atoms with Gasteiger partial charge in [-0.2, -0.15) is 0 Å². The molecule has 17 rings (SSSR count). The van der Waals surface area contributed by atoms with Crippen LogP contribution in [0.1, 0.15) is 239 Å². The number of rotatable bonds is 24. The standard InChI is InChI=1S/C20H30O6.C19H30O5.2C16H22O6.C15H20O7/c1-5-18(2,3)16(22)26-20-9-13-6-14(10-20)8-19(7-13,12-20)17(23)25-11-15(21)24-4;1-5-17(2,3)16(21)24-19-9-13-6-14(10-19)8-18(7-13,12-19)23-11-15(20)22-4;1-5-15(2,3)12(17)21-10-8-6-9-11(10)22-14(19)16(9,7-8)13(18)20-4;1-5-16(2,3)15(19)22-12-7-6-8-10(9(7)13(17)20-4)14(18)21-11(8)12;1-5-14(2,3)11(16)21-8-7-6-15(12(17)19-4)10(20-7)9(8)22-13(15)18/h13-14H,5-12H2,1-4H3;13-14H,5-12H2,1-4H3;8-11H,5-7H2,1-4H3;7-12H,5-6H2,1-4H3;7-10H,5-6H2,1-4H3. The number of ether oxygens (including phenoxy) is 16. The van der Waals surface area contributed by atoms with Crippen molar-refractivity contribution < 1.29 is 143 Å². The molecule has 14 bridgehead atoms. The second-order valence-electron chi connectivity index (χ2n) is 39.2. The minimum Gasteiger partial charge on any atom is -0.469 e. The number of carbonyl (C=O) groups is 14. The van der Waals surface area contributed by atoms with Crippen LogP contribution in [0.4, 0.5) is 0 Å². The number of carbonyl (C=O) groups excluding carboxylic acids is 14. The summed E-state index contributed by atoms with van der Waals surface area (Å²) < 4.78 is 85.9. The number of methoxy groups -OCH3 is 5. The molecule has 30 nitrogen and oxygen atoms in total. The zero-order valence-electron chi connectivity index (χ0n) is 71.4. The molecule has 0 amide bonds. The Morgan fingerprint density at radius 1 is 0.414 bits per heavy atom. The Labute approximate surface area is 679 Å². The Kier molecular flexibility index (Phi) is 25.1. The molecular formula is C86H124O30. The third kappa shape index (κ3) is 16.0. The van der Waals surface area contributed by atoms with Crippen molar-refractivity contribution >= 4 is 83.6 Å². The van der Waals surface area contributed by atoms with Crippen LogP contribution in [-0.2, 0) is 143 Å². The molecule has 20 unspecified atom stereocenters. The van der Waals surface area contributed by atoms with E-state index in [1.165, 1.54) is 42.0 Å². The van der Waals surface area contributed by atoms with Crippen molar-refractivity contribution in [2.24, 2.45) is 102 Å². The Balaban J connectivity index is 0.000000143. The van der Waals surface area contributed by atoms with E-state index >= 15 is 0 Å². The summed E-state index contributed by atoms with van der Waals surface area (Å²) in [5, 5.41) is 0. The molecule has 5 heterocycles. The molecule has 5 saturated heterocycles. The van der Waals surface area contributed by atoms with Crippen LogP contribution in [0.3, 0.4) is 0 Å². The molecule has 0 radical (unpaired) electrons. The largest absolute Gasteiger partial charge is 0.469 e. The lowest BCUT2D eigenvalue weighted by atomic mass is 9.48. The van der Waals surface area contributed by atoms with E-state index in [1.54, 1.807) is 13.8 Å². The molecule has 0 aromatic heterocycles. The molecule has 5 aliphatic heterocycles. The van der Waals surface area contributed by atoms with Crippen molar-refractivity contribution in [2.75, 3.05) is 48.8 Å². The van der Waals surface area contributed by atoms with Crippen molar-refractivity contribution in [3.63, 3.8) is 0 Å². The summed E-state index contributed by atoms with van der Waals surface area (Å²) in [6.45, 7) is 28.0. The van der Waals surface area contributed by atoms with Gasteiger partial charge in [-0.25, -0.2) is 9.59 Å². The van der Waals surface area contributed by atoms with Gasteiger partial charge < -0.3 is 75.8 Å². The van der Waals surface area contributed by atoms with Crippen LogP contribution in [-0.4, -0.2) is 198 Å². The zero-order chi connectivity index (χ0) is 85.6. The van der Waals surface area contributed by atoms with Gasteiger partial charge in [0.25, 0.3) is 0 Å². The highest BCUT2D eigenvalue weighted by Gasteiger charge is 2.79. The lowest BCUT2D eigenvalue weighted by Crippen LogP contribution is -2.62. The van der Waals surface area contributed by atoms with Crippen LogP contribution >= 0.6 is 0 Å². The molecule has 0 aromatic rings. The summed E-state index contributed by atoms with van der Waals surface area (Å²) >= 11 is 0. The number of fused-ring (bicyclic) bond motifs is 3. The lowest BCUT2D eigenvalue weighted by molar-refractivity contribution is -0.239. The van der Waals surface area contributed by atoms with Crippen LogP contribution in [0.15, 0.2) is 0 Å². The van der Waals surface area contributed by atoms with E-state index in [0.29, 0.717) is 75.0 Å². The van der Waals surface area contributed by atoms with Crippen LogP contribution in [0.5, 0.6) is 0 Å². The van der Waals surface area contributed by atoms with Gasteiger partial charge in [-0.1, -0.05) is 34.6 Å². The molecule has 0 spiro atoms. The average molecular weight is 1640 g/mol. The van der Waals surface area contributed by atoms with E-state index < -0.39 is 151 Å². The van der Waals surface area contributed by atoms with Crippen LogP contribution in [0.2, 0.25) is 0 Å². The minimum atomic E-state index is -1.40. The van der Waals surface area contributed by atoms with Crippen molar-refractivity contribution in [3.8, 4) is 0 Å². The summed E-state index contributed by atoms with van der Waals surface area (Å²) in [4.78, 5) is 171. The first kappa shape index (κ1) is 89.3. The van der Waals surface area contributed by atoms with E-state index in [1.807, 2.05) is 90.0 Å². The summed E-state index contributed by atoms with van der Waals surface area (Å²) in [7, 11) is 6.47. The number of hydrogen-bond donors (Lipinski definition) is 0. The summed E-state index contributed by atoms with van der Waals surface area (Å²) in [5.41, 5.74) is -7.24. The molecule has 17 aliphatic rings. The van der Waals surface area contributed by atoms with Crippen LogP contribution < -0.4 is 0 Å². The minimum absolute atomic E-state index is 0.0135. The second kappa shape index (κ2) is 32.6. The topological polar surface area (TPSA) is 387 Å². The highest BCUT2D eigenvalue weighted by atomic mass is 16.7. The van der Waals surface area contributed by atoms with Crippen molar-refractivity contribution in [3.05, 3.63) is 0 Å². The van der Waals surface area contributed by atoms with E-state index in [4.69, 9.17) is 71.1 Å². The third-order valence-corrected chi connectivity index (χ3v) is 29.8. The van der Waals surface area contributed by atoms with E-state index in [0.717, 1.165) is 70.6 Å². The smallest absolute Gasteiger partial charge is 0.344 e. The first-order chi connectivity index (χ1) is 54.2. The van der Waals surface area contributed by atoms with E-state index in [2.05, 4.69) is 4.74 Å². The molecule has 17 fully saturated rings. The Bertz CT molecular complexity index is 3740. The van der Waals surface area contributed by atoms with Gasteiger partial charge in [-0.15, -0.1) is 0 Å². The zero-order valence-corrected chi connectivity index (χ0v) is 71.4. The SMILES string of the molecule is CCC(C)(C)C(=O)OC12CC3CC(C1)CC(C(=O)OCC(=O)OC)(C3)C2.CCC(C)(C)C(=O)OC12CC3CC(CC(OCC(=O)OC)(C3)C1)C2.CCC(C)(C)C(=O)OC1C2CC3(C(=O)OC)C(=O)OC1C3O2.CCC(C)(C)C(=O)OC1C2CC3C1OC(=O)C3(C(=O)OC)C2.CCC(C)(C)C(=O)OC1C2CC3C1OC(=O)C3C2C(=O)OC. The third-order valence-electron chi connectivity index (χ3n) is 29.8. The van der Waals surface area contributed by atoms with E-state index in [-0.39, 0.29) is 96.7 Å². The highest BCUT2D eigenvalue weighted by Crippen LogP contribution is 2.67. The highest BCUT2D eigenvalue weighted by molar-refractivity contribution is 6.04. The van der Waals surface area contributed by atoms with Gasteiger partial charge in [0.2, 0.25) is 0 Å². The van der Waals surface area contributed by atoms with E-state index in [9.17, 15) is 67.1 Å². The molecule has 12 saturated carbocycles. The summed E-state index contributed by atoms with van der Waals surface area (Å²) in [6.07, 6.45) is 11.2. The maximum absolute atomic E-state index is 12.8. The maximum atomic E-state index is 12.8. The predicted octanol–water partition coefficient (Wildman–Crippen LogP) is 9.63. The fourth-order valence-corrected chi connectivity index (χ4v) is 21.9. The van der Waals surface area contributed by atoms with Crippen molar-refractivity contribution in [2.45, 2.75) is 304 Å². The Morgan fingerprint density at radius 3 is 1.34 bits per heavy atom. The molecule has 12 aliphatic carbocycles. The van der Waals surface area contributed by atoms with Gasteiger partial charge in [0.1, 0.15) is 54.4 Å². The average Bonchev–Trinajstić information content (AvgIpc) is 1.67. The molecule has 20 atom stereocenters.